The first kappa shape index (κ1) is 15.2. The van der Waals surface area contributed by atoms with Gasteiger partial charge in [0.1, 0.15) is 17.9 Å². The highest BCUT2D eigenvalue weighted by atomic mass is 19.4. The Morgan fingerprint density at radius 3 is 2.43 bits per heavy atom. The average molecular weight is 297 g/mol. The van der Waals surface area contributed by atoms with E-state index in [1.165, 1.54) is 18.5 Å². The maximum Gasteiger partial charge on any atom is 0.416 e. The topological polar surface area (TPSA) is 47.8 Å². The van der Waals surface area contributed by atoms with Crippen molar-refractivity contribution in [2.75, 3.05) is 0 Å². The van der Waals surface area contributed by atoms with Crippen LogP contribution in [0.4, 0.5) is 13.2 Å². The van der Waals surface area contributed by atoms with E-state index in [0.717, 1.165) is 12.1 Å². The molecule has 0 bridgehead atoms. The maximum atomic E-state index is 12.4. The molecule has 0 spiro atoms. The van der Waals surface area contributed by atoms with Crippen LogP contribution in [0, 0.1) is 0 Å². The Hall–Kier alpha value is -2.18. The van der Waals surface area contributed by atoms with Crippen molar-refractivity contribution in [3.63, 3.8) is 0 Å². The molecule has 4 nitrogen and oxygen atoms in total. The molecule has 2 rings (SSSR count). The monoisotopic (exact) mass is 297 g/mol. The van der Waals surface area contributed by atoms with E-state index in [1.807, 2.05) is 6.92 Å². The molecule has 7 heteroatoms. The molecule has 0 aliphatic carbocycles. The molecule has 2 aromatic rings. The first-order valence-corrected chi connectivity index (χ1v) is 6.44. The van der Waals surface area contributed by atoms with Crippen LogP contribution in [0.15, 0.2) is 30.6 Å². The van der Waals surface area contributed by atoms with Gasteiger partial charge in [-0.15, -0.1) is 0 Å². The van der Waals surface area contributed by atoms with Crippen molar-refractivity contribution in [1.82, 2.24) is 14.8 Å². The summed E-state index contributed by atoms with van der Waals surface area (Å²) in [5.41, 5.74) is -0.167. The van der Waals surface area contributed by atoms with Gasteiger partial charge in [-0.2, -0.15) is 18.3 Å². The van der Waals surface area contributed by atoms with Crippen molar-refractivity contribution in [1.29, 1.82) is 0 Å². The molecule has 0 unspecified atom stereocenters. The maximum absolute atomic E-state index is 12.4. The summed E-state index contributed by atoms with van der Waals surface area (Å²) in [5, 5.41) is 3.96. The van der Waals surface area contributed by atoms with Gasteiger partial charge in [0.2, 0.25) is 0 Å². The number of nitrogens with zero attached hydrogens (tertiary/aromatic N) is 3. The summed E-state index contributed by atoms with van der Waals surface area (Å²) >= 11 is 0. The van der Waals surface area contributed by atoms with Crippen LogP contribution in [-0.4, -0.2) is 20.5 Å². The van der Waals surface area contributed by atoms with E-state index in [-0.39, 0.29) is 18.6 Å². The SMILES string of the molecule is CCn1ncnc1CC(=O)Cc1ccc(C(F)(F)F)cc1. The van der Waals surface area contributed by atoms with E-state index in [4.69, 9.17) is 0 Å². The number of carbonyl (C=O) groups is 1. The number of aryl methyl sites for hydroxylation is 1. The van der Waals surface area contributed by atoms with Crippen LogP contribution in [0.5, 0.6) is 0 Å². The number of halogens is 3. The molecule has 0 fully saturated rings. The van der Waals surface area contributed by atoms with Gasteiger partial charge in [-0.1, -0.05) is 12.1 Å². The molecule has 0 aliphatic rings. The Bertz CT molecular complexity index is 617. The summed E-state index contributed by atoms with van der Waals surface area (Å²) in [6.07, 6.45) is -2.78. The minimum absolute atomic E-state index is 0.0781. The molecule has 0 saturated heterocycles. The summed E-state index contributed by atoms with van der Waals surface area (Å²) in [6, 6.07) is 4.62. The number of aromatic nitrogens is 3. The normalized spacial score (nSPS) is 11.6. The minimum Gasteiger partial charge on any atom is -0.299 e. The second-order valence-electron chi connectivity index (χ2n) is 4.58. The fourth-order valence-electron chi connectivity index (χ4n) is 1.97. The molecular formula is C14H14F3N3O. The number of Topliss-reactive ketones (excluding diaryl/α,β-unsaturated/α-hetero) is 1. The van der Waals surface area contributed by atoms with Crippen LogP contribution in [0.3, 0.4) is 0 Å². The summed E-state index contributed by atoms with van der Waals surface area (Å²) < 4.78 is 38.9. The van der Waals surface area contributed by atoms with Crippen molar-refractivity contribution in [3.05, 3.63) is 47.5 Å². The summed E-state index contributed by atoms with van der Waals surface area (Å²) in [5.74, 6) is 0.451. The van der Waals surface area contributed by atoms with Crippen molar-refractivity contribution >= 4 is 5.78 Å². The minimum atomic E-state index is -4.36. The first-order chi connectivity index (χ1) is 9.90. The number of alkyl halides is 3. The highest BCUT2D eigenvalue weighted by molar-refractivity contribution is 5.82. The molecule has 1 heterocycles. The van der Waals surface area contributed by atoms with Crippen LogP contribution in [0.25, 0.3) is 0 Å². The Morgan fingerprint density at radius 1 is 1.19 bits per heavy atom. The lowest BCUT2D eigenvalue weighted by Gasteiger charge is -2.07. The molecule has 0 amide bonds. The lowest BCUT2D eigenvalue weighted by Crippen LogP contribution is -2.12. The number of hydrogen-bond acceptors (Lipinski definition) is 3. The number of carbonyl (C=O) groups excluding carboxylic acids is 1. The van der Waals surface area contributed by atoms with Gasteiger partial charge < -0.3 is 0 Å². The third-order valence-electron chi connectivity index (χ3n) is 3.03. The second-order valence-corrected chi connectivity index (χ2v) is 4.58. The quantitative estimate of drug-likeness (QED) is 0.852. The van der Waals surface area contributed by atoms with Gasteiger partial charge in [-0.05, 0) is 24.6 Å². The molecule has 112 valence electrons. The predicted octanol–water partition coefficient (Wildman–Crippen LogP) is 2.67. The number of ketones is 1. The third-order valence-corrected chi connectivity index (χ3v) is 3.03. The highest BCUT2D eigenvalue weighted by Gasteiger charge is 2.29. The molecule has 21 heavy (non-hydrogen) atoms. The second kappa shape index (κ2) is 6.07. The molecule has 0 atom stereocenters. The van der Waals surface area contributed by atoms with E-state index in [1.54, 1.807) is 4.68 Å². The Labute approximate surface area is 119 Å². The van der Waals surface area contributed by atoms with Gasteiger partial charge >= 0.3 is 6.18 Å². The summed E-state index contributed by atoms with van der Waals surface area (Å²) in [6.45, 7) is 2.50. The van der Waals surface area contributed by atoms with E-state index in [9.17, 15) is 18.0 Å². The van der Waals surface area contributed by atoms with E-state index < -0.39 is 11.7 Å². The largest absolute Gasteiger partial charge is 0.416 e. The summed E-state index contributed by atoms with van der Waals surface area (Å²) in [7, 11) is 0. The summed E-state index contributed by atoms with van der Waals surface area (Å²) in [4.78, 5) is 15.9. The van der Waals surface area contributed by atoms with Crippen molar-refractivity contribution in [2.45, 2.75) is 32.5 Å². The average Bonchev–Trinajstić information content (AvgIpc) is 2.85. The molecule has 0 radical (unpaired) electrons. The van der Waals surface area contributed by atoms with Crippen molar-refractivity contribution in [2.24, 2.45) is 0 Å². The smallest absolute Gasteiger partial charge is 0.299 e. The van der Waals surface area contributed by atoms with Crippen LogP contribution < -0.4 is 0 Å². The van der Waals surface area contributed by atoms with Crippen molar-refractivity contribution < 1.29 is 18.0 Å². The predicted molar refractivity (Wildman–Crippen MR) is 69.6 cm³/mol. The number of hydrogen-bond donors (Lipinski definition) is 0. The zero-order valence-corrected chi connectivity index (χ0v) is 11.4. The van der Waals surface area contributed by atoms with Crippen molar-refractivity contribution in [3.8, 4) is 0 Å². The Balaban J connectivity index is 2.00. The van der Waals surface area contributed by atoms with E-state index >= 15 is 0 Å². The molecule has 0 saturated carbocycles. The Kier molecular flexibility index (Phi) is 4.40. The lowest BCUT2D eigenvalue weighted by atomic mass is 10.0. The van der Waals surface area contributed by atoms with Gasteiger partial charge in [-0.25, -0.2) is 9.67 Å². The van der Waals surface area contributed by atoms with Gasteiger partial charge in [0.05, 0.1) is 12.0 Å². The van der Waals surface area contributed by atoms with Gasteiger partial charge in [0, 0.05) is 13.0 Å². The molecule has 1 aromatic carbocycles. The van der Waals surface area contributed by atoms with Crippen LogP contribution in [0.2, 0.25) is 0 Å². The lowest BCUT2D eigenvalue weighted by molar-refractivity contribution is -0.137. The zero-order chi connectivity index (χ0) is 15.5. The molecule has 0 N–H and O–H groups in total. The van der Waals surface area contributed by atoms with Crippen LogP contribution >= 0.6 is 0 Å². The standard InChI is InChI=1S/C14H14F3N3O/c1-2-20-13(18-9-19-20)8-12(21)7-10-3-5-11(6-4-10)14(15,16)17/h3-6,9H,2,7-8H2,1H3. The molecule has 1 aromatic heterocycles. The molecular weight excluding hydrogens is 283 g/mol. The van der Waals surface area contributed by atoms with E-state index in [2.05, 4.69) is 10.1 Å². The van der Waals surface area contributed by atoms with Gasteiger partial charge in [0.15, 0.2) is 0 Å². The third kappa shape index (κ3) is 3.90. The fourth-order valence-corrected chi connectivity index (χ4v) is 1.97. The number of benzene rings is 1. The zero-order valence-electron chi connectivity index (χ0n) is 11.4. The van der Waals surface area contributed by atoms with Gasteiger partial charge in [0.25, 0.3) is 0 Å². The number of rotatable bonds is 5. The molecule has 0 aliphatic heterocycles. The van der Waals surface area contributed by atoms with Gasteiger partial charge in [-0.3, -0.25) is 4.79 Å². The Morgan fingerprint density at radius 2 is 1.86 bits per heavy atom. The van der Waals surface area contributed by atoms with Crippen LogP contribution in [-0.2, 0) is 30.4 Å². The first-order valence-electron chi connectivity index (χ1n) is 6.44. The van der Waals surface area contributed by atoms with E-state index in [0.29, 0.717) is 17.9 Å². The fraction of sp³-hybridized carbons (Fsp3) is 0.357. The van der Waals surface area contributed by atoms with Crippen LogP contribution in [0.1, 0.15) is 23.9 Å². The highest BCUT2D eigenvalue weighted by Crippen LogP contribution is 2.29.